The van der Waals surface area contributed by atoms with Crippen molar-refractivity contribution in [2.45, 2.75) is 57.3 Å². The number of benzene rings is 1. The normalized spacial score (nSPS) is 15.9. The molecule has 0 radical (unpaired) electrons. The van der Waals surface area contributed by atoms with Gasteiger partial charge in [-0.2, -0.15) is 0 Å². The van der Waals surface area contributed by atoms with Gasteiger partial charge in [-0.05, 0) is 56.8 Å². The van der Waals surface area contributed by atoms with E-state index in [-0.39, 0.29) is 6.61 Å². The summed E-state index contributed by atoms with van der Waals surface area (Å²) >= 11 is 0. The summed E-state index contributed by atoms with van der Waals surface area (Å²) in [5, 5.41) is 10.5. The monoisotopic (exact) mass is 427 g/mol. The average molecular weight is 428 g/mol. The van der Waals surface area contributed by atoms with Crippen molar-refractivity contribution in [3.8, 4) is 11.5 Å². The number of aliphatic hydroxyl groups is 1. The van der Waals surface area contributed by atoms with E-state index in [1.54, 1.807) is 7.11 Å². The Morgan fingerprint density at radius 1 is 1.06 bits per heavy atom. The summed E-state index contributed by atoms with van der Waals surface area (Å²) < 4.78 is 11.5. The van der Waals surface area contributed by atoms with Crippen LogP contribution in [0.25, 0.3) is 0 Å². The summed E-state index contributed by atoms with van der Waals surface area (Å²) in [6.07, 6.45) is 7.68. The summed E-state index contributed by atoms with van der Waals surface area (Å²) in [7, 11) is 5.83. The van der Waals surface area contributed by atoms with Crippen molar-refractivity contribution < 1.29 is 14.6 Å². The van der Waals surface area contributed by atoms with Crippen LogP contribution in [0.15, 0.2) is 42.6 Å². The largest absolute Gasteiger partial charge is 0.493 e. The number of pyridine rings is 1. The first-order valence-electron chi connectivity index (χ1n) is 11.3. The second kappa shape index (κ2) is 12.0. The smallest absolute Gasteiger partial charge is 0.161 e. The summed E-state index contributed by atoms with van der Waals surface area (Å²) in [5.74, 6) is 1.36. The van der Waals surface area contributed by atoms with Crippen molar-refractivity contribution in [3.05, 3.63) is 53.9 Å². The van der Waals surface area contributed by atoms with E-state index in [2.05, 4.69) is 28.9 Å². The Bertz CT molecular complexity index is 781. The lowest BCUT2D eigenvalue weighted by Crippen LogP contribution is -2.40. The summed E-state index contributed by atoms with van der Waals surface area (Å²) in [5.41, 5.74) is 2.18. The molecule has 1 aromatic heterocycles. The Balaban J connectivity index is 1.49. The Morgan fingerprint density at radius 2 is 1.87 bits per heavy atom. The number of aromatic nitrogens is 1. The second-order valence-electron chi connectivity index (χ2n) is 8.67. The zero-order valence-corrected chi connectivity index (χ0v) is 19.2. The quantitative estimate of drug-likeness (QED) is 0.590. The summed E-state index contributed by atoms with van der Waals surface area (Å²) in [6.45, 7) is 2.44. The second-order valence-corrected chi connectivity index (χ2v) is 8.67. The number of ether oxygens (including phenoxy) is 2. The van der Waals surface area contributed by atoms with E-state index in [0.29, 0.717) is 24.1 Å². The first-order valence-corrected chi connectivity index (χ1v) is 11.3. The molecule has 1 aliphatic carbocycles. The number of likely N-dealkylation sites (N-methyl/N-ethyl adjacent to an activating group) is 1. The number of nitrogens with zero attached hydrogens (tertiary/aromatic N) is 3. The molecular weight excluding hydrogens is 390 g/mol. The highest BCUT2D eigenvalue weighted by Crippen LogP contribution is 2.29. The maximum Gasteiger partial charge on any atom is 0.161 e. The van der Waals surface area contributed by atoms with E-state index < -0.39 is 6.10 Å². The van der Waals surface area contributed by atoms with Crippen LogP contribution < -0.4 is 9.47 Å². The molecule has 1 saturated carbocycles. The molecule has 1 aliphatic rings. The summed E-state index contributed by atoms with van der Waals surface area (Å²) in [4.78, 5) is 8.88. The lowest BCUT2D eigenvalue weighted by molar-refractivity contribution is 0.0553. The molecule has 0 aliphatic heterocycles. The molecule has 0 bridgehead atoms. The minimum Gasteiger partial charge on any atom is -0.493 e. The van der Waals surface area contributed by atoms with Gasteiger partial charge in [0.2, 0.25) is 0 Å². The van der Waals surface area contributed by atoms with Crippen LogP contribution in [-0.2, 0) is 13.1 Å². The van der Waals surface area contributed by atoms with Crippen LogP contribution >= 0.6 is 0 Å². The first-order chi connectivity index (χ1) is 15.0. The van der Waals surface area contributed by atoms with E-state index in [1.807, 2.05) is 42.6 Å². The molecule has 6 nitrogen and oxygen atoms in total. The highest BCUT2D eigenvalue weighted by molar-refractivity contribution is 5.43. The fourth-order valence-corrected chi connectivity index (χ4v) is 4.31. The van der Waals surface area contributed by atoms with Gasteiger partial charge in [0.15, 0.2) is 11.5 Å². The molecule has 1 fully saturated rings. The number of methoxy groups -OCH3 is 1. The Hall–Kier alpha value is -2.15. The van der Waals surface area contributed by atoms with Gasteiger partial charge < -0.3 is 19.5 Å². The zero-order chi connectivity index (χ0) is 22.1. The molecule has 0 unspecified atom stereocenters. The molecular formula is C25H37N3O3. The Kier molecular flexibility index (Phi) is 9.13. The standard InChI is InChI=1S/C25H37N3O3/c1-27(17-21-9-7-8-14-26-21)16-20-12-13-24(25(15-20)30-3)31-19-23(29)18-28(2)22-10-5-4-6-11-22/h7-9,12-15,22-23,29H,4-6,10-11,16-19H2,1-3H3/t23-/m1/s1. The third-order valence-corrected chi connectivity index (χ3v) is 5.97. The lowest BCUT2D eigenvalue weighted by atomic mass is 9.94. The third kappa shape index (κ3) is 7.49. The van der Waals surface area contributed by atoms with Gasteiger partial charge >= 0.3 is 0 Å². The van der Waals surface area contributed by atoms with Crippen molar-refractivity contribution >= 4 is 0 Å². The van der Waals surface area contributed by atoms with Crippen LogP contribution in [0.2, 0.25) is 0 Å². The zero-order valence-electron chi connectivity index (χ0n) is 19.2. The average Bonchev–Trinajstić information content (AvgIpc) is 2.79. The van der Waals surface area contributed by atoms with Crippen molar-refractivity contribution in [3.63, 3.8) is 0 Å². The van der Waals surface area contributed by atoms with E-state index in [0.717, 1.165) is 24.3 Å². The van der Waals surface area contributed by atoms with E-state index >= 15 is 0 Å². The van der Waals surface area contributed by atoms with Crippen molar-refractivity contribution in [1.82, 2.24) is 14.8 Å². The molecule has 1 aromatic carbocycles. The van der Waals surface area contributed by atoms with E-state index in [9.17, 15) is 5.11 Å². The van der Waals surface area contributed by atoms with Crippen molar-refractivity contribution in [1.29, 1.82) is 0 Å². The van der Waals surface area contributed by atoms with Gasteiger partial charge in [-0.15, -0.1) is 0 Å². The van der Waals surface area contributed by atoms with Gasteiger partial charge in [0.05, 0.1) is 12.8 Å². The number of aliphatic hydroxyl groups excluding tert-OH is 1. The minimum absolute atomic E-state index is 0.256. The molecule has 1 atom stereocenters. The van der Waals surface area contributed by atoms with Crippen molar-refractivity contribution in [2.75, 3.05) is 34.4 Å². The van der Waals surface area contributed by atoms with E-state index in [1.165, 1.54) is 32.1 Å². The van der Waals surface area contributed by atoms with Crippen molar-refractivity contribution in [2.24, 2.45) is 0 Å². The predicted molar refractivity (Wildman–Crippen MR) is 123 cm³/mol. The van der Waals surface area contributed by atoms with Crippen LogP contribution in [0, 0.1) is 0 Å². The van der Waals surface area contributed by atoms with Gasteiger partial charge in [0.1, 0.15) is 12.7 Å². The fourth-order valence-electron chi connectivity index (χ4n) is 4.31. The van der Waals surface area contributed by atoms with Crippen LogP contribution in [0.4, 0.5) is 0 Å². The van der Waals surface area contributed by atoms with Crippen LogP contribution in [0.3, 0.4) is 0 Å². The first kappa shape index (κ1) is 23.5. The van der Waals surface area contributed by atoms with Gasteiger partial charge in [-0.3, -0.25) is 9.88 Å². The SMILES string of the molecule is COc1cc(CN(C)Cc2ccccn2)ccc1OC[C@H](O)CN(C)C1CCCCC1. The molecule has 3 rings (SSSR count). The Labute approximate surface area is 186 Å². The lowest BCUT2D eigenvalue weighted by Gasteiger charge is -2.32. The molecule has 1 heterocycles. The number of rotatable bonds is 11. The number of hydrogen-bond acceptors (Lipinski definition) is 6. The molecule has 6 heteroatoms. The molecule has 31 heavy (non-hydrogen) atoms. The van der Waals surface area contributed by atoms with Crippen LogP contribution in [0.5, 0.6) is 11.5 Å². The minimum atomic E-state index is -0.527. The van der Waals surface area contributed by atoms with Gasteiger partial charge in [0, 0.05) is 31.9 Å². The Morgan fingerprint density at radius 3 is 2.58 bits per heavy atom. The molecule has 170 valence electrons. The van der Waals surface area contributed by atoms with Gasteiger partial charge in [-0.1, -0.05) is 31.4 Å². The van der Waals surface area contributed by atoms with E-state index in [4.69, 9.17) is 9.47 Å². The van der Waals surface area contributed by atoms with Gasteiger partial charge in [-0.25, -0.2) is 0 Å². The highest BCUT2D eigenvalue weighted by Gasteiger charge is 2.20. The topological polar surface area (TPSA) is 58.1 Å². The maximum atomic E-state index is 10.5. The molecule has 0 spiro atoms. The molecule has 0 amide bonds. The third-order valence-electron chi connectivity index (χ3n) is 5.97. The van der Waals surface area contributed by atoms with Gasteiger partial charge in [0.25, 0.3) is 0 Å². The van der Waals surface area contributed by atoms with Crippen LogP contribution in [-0.4, -0.2) is 66.4 Å². The van der Waals surface area contributed by atoms with Crippen LogP contribution in [0.1, 0.15) is 43.4 Å². The maximum absolute atomic E-state index is 10.5. The fraction of sp³-hybridized carbons (Fsp3) is 0.560. The molecule has 1 N–H and O–H groups in total. The summed E-state index contributed by atoms with van der Waals surface area (Å²) in [6, 6.07) is 12.5. The number of hydrogen-bond donors (Lipinski definition) is 1. The molecule has 2 aromatic rings. The predicted octanol–water partition coefficient (Wildman–Crippen LogP) is 3.73. The molecule has 0 saturated heterocycles. The highest BCUT2D eigenvalue weighted by atomic mass is 16.5.